The largest absolute Gasteiger partial charge is 0.472 e. The summed E-state index contributed by atoms with van der Waals surface area (Å²) in [6.45, 7) is 3.63. The van der Waals surface area contributed by atoms with Crippen molar-refractivity contribution in [1.82, 2.24) is 0 Å². The van der Waals surface area contributed by atoms with Crippen LogP contribution in [0, 0.1) is 5.92 Å². The van der Waals surface area contributed by atoms with Crippen molar-refractivity contribution < 1.29 is 37.6 Å². The molecule has 2 unspecified atom stereocenters. The summed E-state index contributed by atoms with van der Waals surface area (Å²) in [6.07, 6.45) is 2.27. The first kappa shape index (κ1) is 24.5. The monoisotopic (exact) mass is 384 g/mol. The molecule has 25 heavy (non-hydrogen) atoms. The number of likely N-dealkylation sites (N-methyl/N-ethyl adjacent to an activating group) is 1. The molecule has 0 aromatic rings. The molecule has 8 nitrogen and oxygen atoms in total. The zero-order valence-corrected chi connectivity index (χ0v) is 17.0. The lowest BCUT2D eigenvalue weighted by atomic mass is 10.00. The van der Waals surface area contributed by atoms with Gasteiger partial charge in [0.15, 0.2) is 0 Å². The maximum Gasteiger partial charge on any atom is 0.472 e. The van der Waals surface area contributed by atoms with Crippen LogP contribution < -0.4 is 0 Å². The van der Waals surface area contributed by atoms with Crippen LogP contribution in [-0.4, -0.2) is 74.1 Å². The molecule has 150 valence electrons. The van der Waals surface area contributed by atoms with Crippen molar-refractivity contribution >= 4 is 13.8 Å². The van der Waals surface area contributed by atoms with Crippen molar-refractivity contribution in [1.29, 1.82) is 0 Å². The molecule has 9 heteroatoms. The molecule has 0 aromatic heterocycles. The van der Waals surface area contributed by atoms with Crippen molar-refractivity contribution in [2.75, 3.05) is 47.5 Å². The van der Waals surface area contributed by atoms with Gasteiger partial charge in [-0.05, 0) is 12.8 Å². The minimum absolute atomic E-state index is 0.0514. The first-order valence-corrected chi connectivity index (χ1v) is 10.3. The maximum atomic E-state index is 12.1. The van der Waals surface area contributed by atoms with Crippen molar-refractivity contribution in [3.05, 3.63) is 0 Å². The summed E-state index contributed by atoms with van der Waals surface area (Å²) in [5.41, 5.74) is 0. The molecule has 0 rings (SSSR count). The molecule has 0 heterocycles. The summed E-state index contributed by atoms with van der Waals surface area (Å²) in [4.78, 5) is 21.7. The molecule has 0 saturated carbocycles. The maximum absolute atomic E-state index is 12.1. The highest BCUT2D eigenvalue weighted by Crippen LogP contribution is 2.43. The molecule has 0 saturated heterocycles. The van der Waals surface area contributed by atoms with Gasteiger partial charge >= 0.3 is 13.8 Å². The van der Waals surface area contributed by atoms with Gasteiger partial charge in [0.1, 0.15) is 19.3 Å². The van der Waals surface area contributed by atoms with E-state index in [2.05, 4.69) is 0 Å². The molecule has 0 radical (unpaired) electrons. The standard InChI is InChI=1S/C16H34NO7P/c1-6-8-9-14(7-2)16(19)24-15(12-18)13-23-25(20,21)22-11-10-17(3,4)5/h14-15,18H,6-13H2,1-5H3/p+1/t14?,15-/m0/s1. The first-order chi connectivity index (χ1) is 11.5. The predicted molar refractivity (Wildman–Crippen MR) is 94.9 cm³/mol. The topological polar surface area (TPSA) is 102 Å². The molecule has 0 aliphatic heterocycles. The molecule has 0 fully saturated rings. The Morgan fingerprint density at radius 2 is 1.84 bits per heavy atom. The van der Waals surface area contributed by atoms with E-state index in [0.717, 1.165) is 19.3 Å². The number of phosphoric ester groups is 1. The highest BCUT2D eigenvalue weighted by molar-refractivity contribution is 7.47. The van der Waals surface area contributed by atoms with E-state index in [1.165, 1.54) is 0 Å². The van der Waals surface area contributed by atoms with E-state index < -0.39 is 33.1 Å². The second-order valence-electron chi connectivity index (χ2n) is 7.10. The van der Waals surface area contributed by atoms with Crippen molar-refractivity contribution in [2.24, 2.45) is 5.92 Å². The number of aliphatic hydroxyl groups is 1. The first-order valence-electron chi connectivity index (χ1n) is 8.78. The van der Waals surface area contributed by atoms with Gasteiger partial charge < -0.3 is 19.2 Å². The molecule has 3 atom stereocenters. The molecule has 0 bridgehead atoms. The van der Waals surface area contributed by atoms with Crippen LogP contribution in [0.2, 0.25) is 0 Å². The predicted octanol–water partition coefficient (Wildman–Crippen LogP) is 1.95. The summed E-state index contributed by atoms with van der Waals surface area (Å²) in [5.74, 6) is -0.659. The molecular weight excluding hydrogens is 349 g/mol. The Morgan fingerprint density at radius 3 is 2.32 bits per heavy atom. The van der Waals surface area contributed by atoms with Gasteiger partial charge in [0, 0.05) is 0 Å². The number of hydrogen-bond donors (Lipinski definition) is 2. The van der Waals surface area contributed by atoms with Crippen LogP contribution in [0.3, 0.4) is 0 Å². The third-order valence-electron chi connectivity index (χ3n) is 3.66. The second-order valence-corrected chi connectivity index (χ2v) is 8.55. The van der Waals surface area contributed by atoms with Crippen LogP contribution >= 0.6 is 7.82 Å². The van der Waals surface area contributed by atoms with Gasteiger partial charge in [-0.2, -0.15) is 0 Å². The quantitative estimate of drug-likeness (QED) is 0.268. The Morgan fingerprint density at radius 1 is 1.20 bits per heavy atom. The highest BCUT2D eigenvalue weighted by Gasteiger charge is 2.27. The Labute approximate surface area is 151 Å². The number of aliphatic hydroxyl groups excluding tert-OH is 1. The summed E-state index contributed by atoms with van der Waals surface area (Å²) < 4.78 is 27.3. The van der Waals surface area contributed by atoms with Crippen LogP contribution in [0.1, 0.15) is 39.5 Å². The fourth-order valence-corrected chi connectivity index (χ4v) is 2.71. The van der Waals surface area contributed by atoms with Crippen molar-refractivity contribution in [2.45, 2.75) is 45.6 Å². The number of quaternary nitrogens is 1. The summed E-state index contributed by atoms with van der Waals surface area (Å²) in [7, 11) is 1.53. The lowest BCUT2D eigenvalue weighted by molar-refractivity contribution is -0.870. The van der Waals surface area contributed by atoms with Crippen LogP contribution in [-0.2, 0) is 23.1 Å². The third-order valence-corrected chi connectivity index (χ3v) is 4.64. The highest BCUT2D eigenvalue weighted by atomic mass is 31.2. The molecule has 2 N–H and O–H groups in total. The van der Waals surface area contributed by atoms with Gasteiger partial charge in [-0.15, -0.1) is 0 Å². The van der Waals surface area contributed by atoms with Gasteiger partial charge in [-0.1, -0.05) is 26.7 Å². The molecule has 0 amide bonds. The van der Waals surface area contributed by atoms with Crippen LogP contribution in [0.5, 0.6) is 0 Å². The van der Waals surface area contributed by atoms with Gasteiger partial charge in [0.05, 0.1) is 40.3 Å². The van der Waals surface area contributed by atoms with Gasteiger partial charge in [0.25, 0.3) is 0 Å². The SMILES string of the molecule is CCCCC(CC)C(=O)O[C@@H](CO)COP(=O)(O)OCC[N+](C)(C)C. The molecule has 0 aromatic carbocycles. The average molecular weight is 384 g/mol. The Hall–Kier alpha value is -0.500. The molecule has 0 spiro atoms. The Bertz CT molecular complexity index is 425. The number of ether oxygens (including phenoxy) is 1. The zero-order chi connectivity index (χ0) is 19.5. The van der Waals surface area contributed by atoms with E-state index in [-0.39, 0.29) is 12.5 Å². The van der Waals surface area contributed by atoms with E-state index in [0.29, 0.717) is 17.4 Å². The lowest BCUT2D eigenvalue weighted by Gasteiger charge is -2.24. The third kappa shape index (κ3) is 12.5. The van der Waals surface area contributed by atoms with Gasteiger partial charge in [-0.25, -0.2) is 4.57 Å². The zero-order valence-electron chi connectivity index (χ0n) is 16.1. The van der Waals surface area contributed by atoms with Gasteiger partial charge in [0.2, 0.25) is 0 Å². The number of hydrogen-bond acceptors (Lipinski definition) is 6. The van der Waals surface area contributed by atoms with E-state index in [1.54, 1.807) is 0 Å². The number of rotatable bonds is 14. The lowest BCUT2D eigenvalue weighted by Crippen LogP contribution is -2.37. The number of unbranched alkanes of at least 4 members (excludes halogenated alkanes) is 1. The normalized spacial score (nSPS) is 16.9. The molecular formula is C16H35NO7P+. The van der Waals surface area contributed by atoms with E-state index in [9.17, 15) is 19.4 Å². The fourth-order valence-electron chi connectivity index (χ4n) is 1.97. The minimum Gasteiger partial charge on any atom is -0.457 e. The van der Waals surface area contributed by atoms with E-state index in [1.807, 2.05) is 35.0 Å². The summed E-state index contributed by atoms with van der Waals surface area (Å²) in [6, 6.07) is 0. The number of nitrogens with zero attached hydrogens (tertiary/aromatic N) is 1. The minimum atomic E-state index is -4.25. The van der Waals surface area contributed by atoms with Crippen LogP contribution in [0.25, 0.3) is 0 Å². The molecule has 0 aliphatic carbocycles. The van der Waals surface area contributed by atoms with E-state index >= 15 is 0 Å². The average Bonchev–Trinajstić information content (AvgIpc) is 2.50. The summed E-state index contributed by atoms with van der Waals surface area (Å²) >= 11 is 0. The Balaban J connectivity index is 4.38. The van der Waals surface area contributed by atoms with Crippen molar-refractivity contribution in [3.8, 4) is 0 Å². The van der Waals surface area contributed by atoms with Crippen molar-refractivity contribution in [3.63, 3.8) is 0 Å². The number of carbonyl (C=O) groups excluding carboxylic acids is 1. The van der Waals surface area contributed by atoms with E-state index in [4.69, 9.17) is 13.8 Å². The number of carbonyl (C=O) groups is 1. The van der Waals surface area contributed by atoms with Crippen LogP contribution in [0.4, 0.5) is 0 Å². The number of esters is 1. The van der Waals surface area contributed by atoms with Crippen LogP contribution in [0.15, 0.2) is 0 Å². The fraction of sp³-hybridized carbons (Fsp3) is 0.938. The van der Waals surface area contributed by atoms with Gasteiger partial charge in [-0.3, -0.25) is 13.8 Å². The smallest absolute Gasteiger partial charge is 0.457 e. The Kier molecular flexibility index (Phi) is 11.8. The number of phosphoric acid groups is 1. The molecule has 0 aliphatic rings. The second kappa shape index (κ2) is 12.0. The summed E-state index contributed by atoms with van der Waals surface area (Å²) in [5, 5.41) is 9.31.